The molecular formula is C9H6ClNO. The smallest absolute Gasteiger partial charge is 0.187 e. The van der Waals surface area contributed by atoms with Gasteiger partial charge in [-0.2, -0.15) is 0 Å². The van der Waals surface area contributed by atoms with Crippen molar-refractivity contribution in [2.75, 3.05) is 5.88 Å². The van der Waals surface area contributed by atoms with Crippen LogP contribution in [0, 0.1) is 6.57 Å². The van der Waals surface area contributed by atoms with E-state index in [9.17, 15) is 4.79 Å². The number of carbonyl (C=O) groups excluding carboxylic acids is 1. The normalized spacial score (nSPS) is 9.00. The van der Waals surface area contributed by atoms with E-state index in [4.69, 9.17) is 18.2 Å². The van der Waals surface area contributed by atoms with E-state index in [-0.39, 0.29) is 11.7 Å². The third-order valence-electron chi connectivity index (χ3n) is 1.44. The number of hydrogen-bond acceptors (Lipinski definition) is 1. The molecule has 0 saturated carbocycles. The molecule has 1 aromatic carbocycles. The molecule has 12 heavy (non-hydrogen) atoms. The Morgan fingerprint density at radius 2 is 2.00 bits per heavy atom. The summed E-state index contributed by atoms with van der Waals surface area (Å²) >= 11 is 5.35. The molecule has 1 rings (SSSR count). The average Bonchev–Trinajstić information content (AvgIpc) is 2.17. The second-order valence-electron chi connectivity index (χ2n) is 2.22. The fourth-order valence-electron chi connectivity index (χ4n) is 0.799. The van der Waals surface area contributed by atoms with Crippen LogP contribution in [0.5, 0.6) is 0 Å². The van der Waals surface area contributed by atoms with Crippen LogP contribution in [0.2, 0.25) is 0 Å². The highest BCUT2D eigenvalue weighted by molar-refractivity contribution is 6.30. The number of ketones is 1. The molecule has 0 atom stereocenters. The van der Waals surface area contributed by atoms with Crippen molar-refractivity contribution in [1.29, 1.82) is 0 Å². The zero-order valence-corrected chi connectivity index (χ0v) is 7.01. The van der Waals surface area contributed by atoms with Gasteiger partial charge in [0.25, 0.3) is 0 Å². The molecule has 0 N–H and O–H groups in total. The number of rotatable bonds is 2. The van der Waals surface area contributed by atoms with Gasteiger partial charge in [-0.3, -0.25) is 4.79 Å². The lowest BCUT2D eigenvalue weighted by atomic mass is 10.1. The number of hydrogen-bond donors (Lipinski definition) is 0. The summed E-state index contributed by atoms with van der Waals surface area (Å²) < 4.78 is 0. The Morgan fingerprint density at radius 1 is 1.42 bits per heavy atom. The Morgan fingerprint density at radius 3 is 2.42 bits per heavy atom. The van der Waals surface area contributed by atoms with E-state index < -0.39 is 0 Å². The van der Waals surface area contributed by atoms with Gasteiger partial charge in [-0.1, -0.05) is 24.3 Å². The molecule has 0 spiro atoms. The minimum Gasteiger partial charge on any atom is -0.293 e. The average molecular weight is 180 g/mol. The first-order valence-electron chi connectivity index (χ1n) is 3.34. The number of alkyl halides is 1. The zero-order valence-electron chi connectivity index (χ0n) is 6.25. The number of Topliss-reactive ketones (excluding diaryl/α,β-unsaturated/α-hetero) is 1. The van der Waals surface area contributed by atoms with Crippen molar-refractivity contribution in [3.8, 4) is 0 Å². The first-order valence-corrected chi connectivity index (χ1v) is 3.88. The molecule has 0 fully saturated rings. The fraction of sp³-hybridized carbons (Fsp3) is 0.111. The lowest BCUT2D eigenvalue weighted by molar-refractivity contribution is 0.102. The third-order valence-corrected chi connectivity index (χ3v) is 1.68. The molecule has 0 bridgehead atoms. The maximum absolute atomic E-state index is 11.0. The monoisotopic (exact) mass is 179 g/mol. The summed E-state index contributed by atoms with van der Waals surface area (Å²) in [4.78, 5) is 14.2. The standard InChI is InChI=1S/C9H6ClNO/c1-11-8-4-2-7(3-5-8)9(12)6-10/h2-5H,6H2. The molecule has 0 unspecified atom stereocenters. The van der Waals surface area contributed by atoms with Crippen LogP contribution in [0.25, 0.3) is 4.85 Å². The van der Waals surface area contributed by atoms with Gasteiger partial charge in [0.05, 0.1) is 12.5 Å². The molecule has 0 aromatic heterocycles. The summed E-state index contributed by atoms with van der Waals surface area (Å²) in [5.74, 6) is -0.134. The van der Waals surface area contributed by atoms with Crippen LogP contribution in [0.3, 0.4) is 0 Å². The minimum absolute atomic E-state index is 0.0165. The van der Waals surface area contributed by atoms with Gasteiger partial charge in [-0.05, 0) is 0 Å². The van der Waals surface area contributed by atoms with Crippen LogP contribution in [-0.2, 0) is 0 Å². The zero-order chi connectivity index (χ0) is 8.97. The largest absolute Gasteiger partial charge is 0.293 e. The Balaban J connectivity index is 2.94. The first-order chi connectivity index (χ1) is 5.77. The summed E-state index contributed by atoms with van der Waals surface area (Å²) in [5.41, 5.74) is 1.08. The van der Waals surface area contributed by atoms with Crippen LogP contribution in [0.1, 0.15) is 10.4 Å². The van der Waals surface area contributed by atoms with Crippen molar-refractivity contribution in [2.24, 2.45) is 0 Å². The molecular weight excluding hydrogens is 174 g/mol. The summed E-state index contributed by atoms with van der Waals surface area (Å²) in [6, 6.07) is 6.43. The highest BCUT2D eigenvalue weighted by atomic mass is 35.5. The van der Waals surface area contributed by atoms with Crippen molar-refractivity contribution >= 4 is 23.1 Å². The predicted octanol–water partition coefficient (Wildman–Crippen LogP) is 2.66. The van der Waals surface area contributed by atoms with Crippen molar-refractivity contribution in [1.82, 2.24) is 0 Å². The van der Waals surface area contributed by atoms with Gasteiger partial charge in [0, 0.05) is 5.56 Å². The van der Waals surface area contributed by atoms with Crippen LogP contribution in [0.15, 0.2) is 24.3 Å². The minimum atomic E-state index is -0.117. The highest BCUT2D eigenvalue weighted by Gasteiger charge is 2.02. The maximum atomic E-state index is 11.0. The SMILES string of the molecule is [C-]#[N+]c1ccc(C(=O)CCl)cc1. The number of halogens is 1. The molecule has 1 aromatic rings. The lowest BCUT2D eigenvalue weighted by Crippen LogP contribution is -1.98. The van der Waals surface area contributed by atoms with E-state index in [0.717, 1.165) is 0 Å². The molecule has 0 saturated heterocycles. The van der Waals surface area contributed by atoms with Gasteiger partial charge >= 0.3 is 0 Å². The molecule has 60 valence electrons. The topological polar surface area (TPSA) is 21.4 Å². The van der Waals surface area contributed by atoms with Crippen LogP contribution >= 0.6 is 11.6 Å². The molecule has 3 heteroatoms. The van der Waals surface area contributed by atoms with Crippen molar-refractivity contribution in [3.63, 3.8) is 0 Å². The number of carbonyl (C=O) groups is 1. The van der Waals surface area contributed by atoms with Crippen molar-refractivity contribution in [2.45, 2.75) is 0 Å². The Bertz CT molecular complexity index is 323. The first kappa shape index (κ1) is 8.76. The predicted molar refractivity (Wildman–Crippen MR) is 47.8 cm³/mol. The molecule has 0 aliphatic heterocycles. The Hall–Kier alpha value is -1.33. The summed E-state index contributed by atoms with van der Waals surface area (Å²) in [7, 11) is 0. The van der Waals surface area contributed by atoms with Gasteiger partial charge in [0.2, 0.25) is 0 Å². The lowest BCUT2D eigenvalue weighted by Gasteiger charge is -1.95. The maximum Gasteiger partial charge on any atom is 0.187 e. The third kappa shape index (κ3) is 1.84. The molecule has 0 aliphatic carbocycles. The van der Waals surface area contributed by atoms with E-state index in [1.54, 1.807) is 24.3 Å². The Labute approximate surface area is 75.6 Å². The number of benzene rings is 1. The molecule has 2 nitrogen and oxygen atoms in total. The van der Waals surface area contributed by atoms with Gasteiger partial charge in [-0.15, -0.1) is 11.6 Å². The van der Waals surface area contributed by atoms with Crippen molar-refractivity contribution < 1.29 is 4.79 Å². The van der Waals surface area contributed by atoms with E-state index in [0.29, 0.717) is 11.3 Å². The highest BCUT2D eigenvalue weighted by Crippen LogP contribution is 2.12. The second kappa shape index (κ2) is 3.89. The number of nitrogens with zero attached hydrogens (tertiary/aromatic N) is 1. The van der Waals surface area contributed by atoms with Gasteiger partial charge in [0.15, 0.2) is 11.5 Å². The van der Waals surface area contributed by atoms with E-state index in [2.05, 4.69) is 4.85 Å². The fourth-order valence-corrected chi connectivity index (χ4v) is 0.953. The molecule has 0 radical (unpaired) electrons. The van der Waals surface area contributed by atoms with E-state index >= 15 is 0 Å². The van der Waals surface area contributed by atoms with Gasteiger partial charge in [0.1, 0.15) is 0 Å². The quantitative estimate of drug-likeness (QED) is 0.389. The van der Waals surface area contributed by atoms with E-state index in [1.807, 2.05) is 0 Å². The van der Waals surface area contributed by atoms with Crippen molar-refractivity contribution in [3.05, 3.63) is 41.2 Å². The van der Waals surface area contributed by atoms with Crippen LogP contribution in [-0.4, -0.2) is 11.7 Å². The van der Waals surface area contributed by atoms with Gasteiger partial charge in [-0.25, -0.2) is 4.85 Å². The van der Waals surface area contributed by atoms with Crippen LogP contribution < -0.4 is 0 Å². The second-order valence-corrected chi connectivity index (χ2v) is 2.48. The Kier molecular flexibility index (Phi) is 2.84. The van der Waals surface area contributed by atoms with Gasteiger partial charge < -0.3 is 0 Å². The molecule has 0 heterocycles. The molecule has 0 amide bonds. The van der Waals surface area contributed by atoms with E-state index in [1.165, 1.54) is 0 Å². The molecule has 0 aliphatic rings. The summed E-state index contributed by atoms with van der Waals surface area (Å²) in [6.07, 6.45) is 0. The summed E-state index contributed by atoms with van der Waals surface area (Å²) in [6.45, 7) is 6.68. The summed E-state index contributed by atoms with van der Waals surface area (Å²) in [5, 5.41) is 0. The van der Waals surface area contributed by atoms with Crippen LogP contribution in [0.4, 0.5) is 5.69 Å².